The number of hydrogen-bond acceptors (Lipinski definition) is 5. The van der Waals surface area contributed by atoms with Gasteiger partial charge in [-0.2, -0.15) is 5.21 Å². The molecule has 1 unspecified atom stereocenters. The summed E-state index contributed by atoms with van der Waals surface area (Å²) >= 11 is 0. The van der Waals surface area contributed by atoms with E-state index in [2.05, 4.69) is 20.6 Å². The van der Waals surface area contributed by atoms with Gasteiger partial charge >= 0.3 is 0 Å². The molecule has 82 valence electrons. The van der Waals surface area contributed by atoms with Crippen molar-refractivity contribution in [2.24, 2.45) is 0 Å². The van der Waals surface area contributed by atoms with Crippen molar-refractivity contribution >= 4 is 5.69 Å². The van der Waals surface area contributed by atoms with E-state index >= 15 is 0 Å². The number of non-ortho nitro benzene ring substituents is 1. The zero-order valence-corrected chi connectivity index (χ0v) is 8.49. The number of nitro groups is 1. The van der Waals surface area contributed by atoms with Gasteiger partial charge in [-0.15, -0.1) is 10.2 Å². The highest BCUT2D eigenvalue weighted by atomic mass is 16.6. The van der Waals surface area contributed by atoms with Gasteiger partial charge in [-0.25, -0.2) is 0 Å². The Kier molecular flexibility index (Phi) is 2.59. The predicted octanol–water partition coefficient (Wildman–Crippen LogP) is 1.26. The van der Waals surface area contributed by atoms with Crippen LogP contribution in [0.5, 0.6) is 0 Å². The molecule has 7 nitrogen and oxygen atoms in total. The molecule has 0 aliphatic heterocycles. The molecule has 0 saturated carbocycles. The molecule has 0 bridgehead atoms. The molecular formula is C9H9N5O2. The number of benzene rings is 1. The molecule has 1 aromatic heterocycles. The molecule has 7 heteroatoms. The van der Waals surface area contributed by atoms with Crippen LogP contribution < -0.4 is 0 Å². The van der Waals surface area contributed by atoms with Crippen LogP contribution in [-0.4, -0.2) is 25.5 Å². The Morgan fingerprint density at radius 1 is 1.50 bits per heavy atom. The molecule has 1 heterocycles. The molecule has 0 spiro atoms. The first-order valence-electron chi connectivity index (χ1n) is 4.66. The van der Waals surface area contributed by atoms with Gasteiger partial charge in [0.2, 0.25) is 0 Å². The molecule has 1 aromatic carbocycles. The van der Waals surface area contributed by atoms with Crippen LogP contribution >= 0.6 is 0 Å². The number of tetrazole rings is 1. The van der Waals surface area contributed by atoms with Crippen LogP contribution in [0.3, 0.4) is 0 Å². The standard InChI is InChI=1S/C9H9N5O2/c1-6(9-10-12-13-11-9)7-3-2-4-8(5-7)14(15)16/h2-6H,1H3,(H,10,11,12,13). The maximum Gasteiger partial charge on any atom is 0.269 e. The first-order valence-corrected chi connectivity index (χ1v) is 4.66. The third-order valence-corrected chi connectivity index (χ3v) is 2.33. The topological polar surface area (TPSA) is 97.6 Å². The number of nitrogens with zero attached hydrogens (tertiary/aromatic N) is 4. The summed E-state index contributed by atoms with van der Waals surface area (Å²) in [5.41, 5.74) is 0.850. The van der Waals surface area contributed by atoms with Gasteiger partial charge in [-0.3, -0.25) is 10.1 Å². The van der Waals surface area contributed by atoms with E-state index in [9.17, 15) is 10.1 Å². The van der Waals surface area contributed by atoms with Crippen molar-refractivity contribution in [3.8, 4) is 0 Å². The minimum Gasteiger partial charge on any atom is -0.258 e. The van der Waals surface area contributed by atoms with Gasteiger partial charge in [0.25, 0.3) is 5.69 Å². The van der Waals surface area contributed by atoms with Gasteiger partial charge in [0.15, 0.2) is 5.82 Å². The molecule has 16 heavy (non-hydrogen) atoms. The minimum atomic E-state index is -0.424. The van der Waals surface area contributed by atoms with Crippen molar-refractivity contribution < 1.29 is 4.92 Å². The van der Waals surface area contributed by atoms with Crippen LogP contribution in [-0.2, 0) is 0 Å². The van der Waals surface area contributed by atoms with Gasteiger partial charge in [0.05, 0.1) is 4.92 Å². The summed E-state index contributed by atoms with van der Waals surface area (Å²) in [5.74, 6) is 0.388. The third-order valence-electron chi connectivity index (χ3n) is 2.33. The van der Waals surface area contributed by atoms with Crippen molar-refractivity contribution in [3.05, 3.63) is 45.8 Å². The van der Waals surface area contributed by atoms with E-state index in [-0.39, 0.29) is 11.6 Å². The minimum absolute atomic E-state index is 0.0628. The zero-order valence-electron chi connectivity index (χ0n) is 8.49. The molecule has 0 saturated heterocycles. The first kappa shape index (κ1) is 10.2. The average Bonchev–Trinajstić information content (AvgIpc) is 2.81. The Morgan fingerprint density at radius 3 is 2.94 bits per heavy atom. The highest BCUT2D eigenvalue weighted by Gasteiger charge is 2.15. The average molecular weight is 219 g/mol. The second kappa shape index (κ2) is 4.05. The summed E-state index contributed by atoms with van der Waals surface area (Å²) in [6.07, 6.45) is 0. The van der Waals surface area contributed by atoms with E-state index in [0.717, 1.165) is 5.56 Å². The molecule has 0 fully saturated rings. The van der Waals surface area contributed by atoms with Gasteiger partial charge in [0, 0.05) is 18.1 Å². The quantitative estimate of drug-likeness (QED) is 0.619. The van der Waals surface area contributed by atoms with Gasteiger partial charge < -0.3 is 0 Å². The van der Waals surface area contributed by atoms with Gasteiger partial charge in [0.1, 0.15) is 0 Å². The van der Waals surface area contributed by atoms with Gasteiger partial charge in [-0.05, 0) is 5.56 Å². The number of H-pyrrole nitrogens is 1. The number of hydrogen-bond donors (Lipinski definition) is 1. The van der Waals surface area contributed by atoms with E-state index in [1.807, 2.05) is 6.92 Å². The van der Waals surface area contributed by atoms with Crippen molar-refractivity contribution in [1.82, 2.24) is 20.6 Å². The molecular weight excluding hydrogens is 210 g/mol. The predicted molar refractivity (Wildman–Crippen MR) is 54.8 cm³/mol. The lowest BCUT2D eigenvalue weighted by molar-refractivity contribution is -0.384. The summed E-state index contributed by atoms with van der Waals surface area (Å²) < 4.78 is 0. The van der Waals surface area contributed by atoms with Crippen LogP contribution in [0.2, 0.25) is 0 Å². The highest BCUT2D eigenvalue weighted by Crippen LogP contribution is 2.23. The maximum atomic E-state index is 10.6. The summed E-state index contributed by atoms with van der Waals surface area (Å²) in [6.45, 7) is 1.86. The number of aromatic nitrogens is 4. The lowest BCUT2D eigenvalue weighted by Gasteiger charge is -2.06. The van der Waals surface area contributed by atoms with E-state index in [4.69, 9.17) is 0 Å². The molecule has 0 radical (unpaired) electrons. The molecule has 1 N–H and O–H groups in total. The lowest BCUT2D eigenvalue weighted by Crippen LogP contribution is -1.99. The Bertz CT molecular complexity index is 496. The van der Waals surface area contributed by atoms with E-state index in [0.29, 0.717) is 5.82 Å². The van der Waals surface area contributed by atoms with E-state index < -0.39 is 4.92 Å². The summed E-state index contributed by atoms with van der Waals surface area (Å²) in [7, 11) is 0. The monoisotopic (exact) mass is 219 g/mol. The summed E-state index contributed by atoms with van der Waals surface area (Å²) in [5, 5.41) is 24.1. The molecule has 2 aromatic rings. The second-order valence-corrected chi connectivity index (χ2v) is 3.34. The van der Waals surface area contributed by atoms with Crippen LogP contribution in [0.25, 0.3) is 0 Å². The zero-order chi connectivity index (χ0) is 11.5. The SMILES string of the molecule is CC(c1cccc([N+](=O)[O-])c1)c1nn[nH]n1. The van der Waals surface area contributed by atoms with Crippen LogP contribution in [0, 0.1) is 10.1 Å². The first-order chi connectivity index (χ1) is 7.68. The fourth-order valence-electron chi connectivity index (χ4n) is 1.41. The number of nitro benzene ring substituents is 1. The Hall–Kier alpha value is -2.31. The fourth-order valence-corrected chi connectivity index (χ4v) is 1.41. The van der Waals surface area contributed by atoms with E-state index in [1.54, 1.807) is 12.1 Å². The molecule has 1 atom stereocenters. The second-order valence-electron chi connectivity index (χ2n) is 3.34. The van der Waals surface area contributed by atoms with Crippen molar-refractivity contribution in [2.45, 2.75) is 12.8 Å². The normalized spacial score (nSPS) is 12.3. The Labute approximate surface area is 90.6 Å². The Balaban J connectivity index is 2.34. The molecule has 0 amide bonds. The van der Waals surface area contributed by atoms with Crippen molar-refractivity contribution in [1.29, 1.82) is 0 Å². The molecule has 0 aliphatic carbocycles. The maximum absolute atomic E-state index is 10.6. The highest BCUT2D eigenvalue weighted by molar-refractivity contribution is 5.37. The number of aromatic amines is 1. The van der Waals surface area contributed by atoms with Crippen LogP contribution in [0.4, 0.5) is 5.69 Å². The lowest BCUT2D eigenvalue weighted by atomic mass is 10.0. The van der Waals surface area contributed by atoms with Crippen LogP contribution in [0.1, 0.15) is 24.2 Å². The van der Waals surface area contributed by atoms with Crippen molar-refractivity contribution in [2.75, 3.05) is 0 Å². The number of nitrogens with one attached hydrogen (secondary N) is 1. The third kappa shape index (κ3) is 1.88. The smallest absolute Gasteiger partial charge is 0.258 e. The van der Waals surface area contributed by atoms with Crippen molar-refractivity contribution in [3.63, 3.8) is 0 Å². The molecule has 2 rings (SSSR count). The summed E-state index contributed by atoms with van der Waals surface area (Å²) in [4.78, 5) is 10.2. The van der Waals surface area contributed by atoms with Gasteiger partial charge in [-0.1, -0.05) is 24.3 Å². The fraction of sp³-hybridized carbons (Fsp3) is 0.222. The largest absolute Gasteiger partial charge is 0.269 e. The summed E-state index contributed by atoms with van der Waals surface area (Å²) in [6, 6.07) is 6.41. The van der Waals surface area contributed by atoms with Crippen LogP contribution in [0.15, 0.2) is 24.3 Å². The van der Waals surface area contributed by atoms with E-state index in [1.165, 1.54) is 12.1 Å². The number of rotatable bonds is 3. The molecule has 0 aliphatic rings. The Morgan fingerprint density at radius 2 is 2.31 bits per heavy atom.